The van der Waals surface area contributed by atoms with E-state index in [-0.39, 0.29) is 17.1 Å². The van der Waals surface area contributed by atoms with Crippen molar-refractivity contribution in [2.75, 3.05) is 0 Å². The Hall–Kier alpha value is -2.78. The molecule has 0 atom stereocenters. The van der Waals surface area contributed by atoms with E-state index >= 15 is 0 Å². The van der Waals surface area contributed by atoms with E-state index in [9.17, 15) is 0 Å². The summed E-state index contributed by atoms with van der Waals surface area (Å²) in [6.45, 7) is 13.6. The van der Waals surface area contributed by atoms with Gasteiger partial charge in [-0.15, -0.1) is 11.3 Å². The van der Waals surface area contributed by atoms with Gasteiger partial charge in [0.1, 0.15) is 7.67 Å². The lowest BCUT2D eigenvalue weighted by molar-refractivity contribution is 0.411. The van der Waals surface area contributed by atoms with Gasteiger partial charge in [-0.1, -0.05) is 77.9 Å². The van der Waals surface area contributed by atoms with E-state index in [1.54, 1.807) is 11.3 Å². The quantitative estimate of drug-likeness (QED) is 0.275. The zero-order chi connectivity index (χ0) is 23.5. The van der Waals surface area contributed by atoms with Crippen LogP contribution in [0.2, 0.25) is 0 Å². The van der Waals surface area contributed by atoms with Gasteiger partial charge < -0.3 is 0 Å². The van der Waals surface area contributed by atoms with E-state index in [1.807, 2.05) is 0 Å². The molecule has 0 N–H and O–H groups in total. The lowest BCUT2D eigenvalue weighted by atomic mass is 9.82. The van der Waals surface area contributed by atoms with Crippen LogP contribution in [0, 0.1) is 5.41 Å². The van der Waals surface area contributed by atoms with Crippen LogP contribution in [0.5, 0.6) is 0 Å². The normalized spacial score (nSPS) is 13.2. The predicted molar refractivity (Wildman–Crippen MR) is 140 cm³/mol. The number of thiophene rings is 1. The molecule has 0 bridgehead atoms. The van der Waals surface area contributed by atoms with Gasteiger partial charge >= 0.3 is 0 Å². The van der Waals surface area contributed by atoms with Crippen molar-refractivity contribution in [2.45, 2.75) is 53.4 Å². The Kier molecular flexibility index (Phi) is 4.58. The van der Waals surface area contributed by atoms with E-state index in [0.717, 1.165) is 33.3 Å². The minimum Gasteiger partial charge on any atom is -0.235 e. The minimum atomic E-state index is -0.00637. The van der Waals surface area contributed by atoms with Gasteiger partial charge in [-0.25, -0.2) is 9.97 Å². The number of aromatic nitrogens is 2. The van der Waals surface area contributed by atoms with Crippen LogP contribution in [0.1, 0.15) is 54.0 Å². The number of hydrogen-bond acceptors (Lipinski definition) is 3. The van der Waals surface area contributed by atoms with E-state index < -0.39 is 0 Å². The van der Waals surface area contributed by atoms with Crippen LogP contribution in [0.3, 0.4) is 0 Å². The molecular weight excluding hydrogens is 408 g/mol. The molecule has 0 saturated carbocycles. The minimum absolute atomic E-state index is 0.00637. The van der Waals surface area contributed by atoms with Crippen molar-refractivity contribution in [1.82, 2.24) is 9.97 Å². The zero-order valence-electron chi connectivity index (χ0n) is 20.7. The summed E-state index contributed by atoms with van der Waals surface area (Å²) in [5.41, 5.74) is 5.66. The van der Waals surface area contributed by atoms with Crippen molar-refractivity contribution in [3.05, 3.63) is 72.0 Å². The van der Waals surface area contributed by atoms with Crippen molar-refractivity contribution in [3.63, 3.8) is 0 Å². The highest BCUT2D eigenvalue weighted by molar-refractivity contribution is 7.26. The van der Waals surface area contributed by atoms with Crippen molar-refractivity contribution < 1.29 is 1.37 Å². The van der Waals surface area contributed by atoms with Crippen LogP contribution in [0.15, 0.2) is 60.9 Å². The molecule has 0 aliphatic rings. The Morgan fingerprint density at radius 1 is 0.875 bits per heavy atom. The molecule has 162 valence electrons. The van der Waals surface area contributed by atoms with E-state index in [0.29, 0.717) is 0 Å². The maximum absolute atomic E-state index is 8.36. The Bertz CT molecular complexity index is 1520. The van der Waals surface area contributed by atoms with Gasteiger partial charge in [0.2, 0.25) is 0 Å². The zero-order valence-corrected chi connectivity index (χ0v) is 20.5. The molecule has 0 unspecified atom stereocenters. The molecule has 0 aliphatic carbocycles. The fraction of sp³-hybridized carbons (Fsp3) is 0.310. The number of rotatable bonds is 2. The summed E-state index contributed by atoms with van der Waals surface area (Å²) in [5.74, 6) is 0. The van der Waals surface area contributed by atoms with E-state index in [1.165, 1.54) is 26.6 Å². The van der Waals surface area contributed by atoms with Gasteiger partial charge in [-0.05, 0) is 57.3 Å². The second-order valence-corrected chi connectivity index (χ2v) is 12.1. The molecule has 5 aromatic rings. The molecule has 2 heterocycles. The van der Waals surface area contributed by atoms with Crippen LogP contribution in [0.25, 0.3) is 42.3 Å². The highest BCUT2D eigenvalue weighted by atomic mass is 32.1. The molecule has 0 spiro atoms. The van der Waals surface area contributed by atoms with Gasteiger partial charge in [-0.3, -0.25) is 0 Å². The molecular formula is C29H30N2S. The van der Waals surface area contributed by atoms with Crippen LogP contribution in [-0.2, 0) is 11.8 Å². The van der Waals surface area contributed by atoms with Crippen LogP contribution in [0.4, 0.5) is 0 Å². The van der Waals surface area contributed by atoms with Crippen LogP contribution >= 0.6 is 11.3 Å². The van der Waals surface area contributed by atoms with Crippen molar-refractivity contribution in [2.24, 2.45) is 5.41 Å². The summed E-state index contributed by atoms with van der Waals surface area (Å²) in [5, 5.41) is 3.58. The Labute approximate surface area is 195 Å². The maximum atomic E-state index is 8.36. The molecule has 0 radical (unpaired) electrons. The smallest absolute Gasteiger partial charge is 0.116 e. The number of nitrogens with zero attached hydrogens (tertiary/aromatic N) is 2. The molecule has 3 aromatic carbocycles. The molecule has 2 aromatic heterocycles. The Morgan fingerprint density at radius 2 is 1.66 bits per heavy atom. The second kappa shape index (κ2) is 7.38. The fourth-order valence-corrected chi connectivity index (χ4v) is 5.78. The Morgan fingerprint density at radius 3 is 2.41 bits per heavy atom. The number of fused-ring (bicyclic) bond motifs is 4. The number of hydrogen-bond donors (Lipinski definition) is 0. The van der Waals surface area contributed by atoms with Gasteiger partial charge in [0, 0.05) is 15.6 Å². The first-order chi connectivity index (χ1) is 15.5. The molecule has 0 saturated heterocycles. The first-order valence-corrected chi connectivity index (χ1v) is 12.0. The first kappa shape index (κ1) is 19.9. The van der Waals surface area contributed by atoms with Crippen LogP contribution < -0.4 is 0 Å². The van der Waals surface area contributed by atoms with Crippen molar-refractivity contribution in [3.8, 4) is 11.3 Å². The van der Waals surface area contributed by atoms with Crippen molar-refractivity contribution >= 4 is 42.4 Å². The highest BCUT2D eigenvalue weighted by Crippen LogP contribution is 2.41. The van der Waals surface area contributed by atoms with Crippen molar-refractivity contribution in [1.29, 1.82) is 0 Å². The van der Waals surface area contributed by atoms with Gasteiger partial charge in [0.05, 0.1) is 15.9 Å². The SMILES string of the molecule is [2H]c1nc(-c2cc(C(C)(C)C)c3ccccc3c2)c2sc3cc(CC(C)(C)C)ccc3c2n1. The van der Waals surface area contributed by atoms with Gasteiger partial charge in [0.15, 0.2) is 0 Å². The highest BCUT2D eigenvalue weighted by Gasteiger charge is 2.20. The largest absolute Gasteiger partial charge is 0.235 e. The molecule has 3 heteroatoms. The lowest BCUT2D eigenvalue weighted by Crippen LogP contribution is -2.12. The third-order valence-electron chi connectivity index (χ3n) is 5.94. The summed E-state index contributed by atoms with van der Waals surface area (Å²) in [6, 6.07) is 19.7. The van der Waals surface area contributed by atoms with Crippen LogP contribution in [-0.4, -0.2) is 9.97 Å². The van der Waals surface area contributed by atoms with E-state index in [4.69, 9.17) is 1.37 Å². The molecule has 2 nitrogen and oxygen atoms in total. The summed E-state index contributed by atoms with van der Waals surface area (Å²) >= 11 is 1.74. The fourth-order valence-electron chi connectivity index (χ4n) is 4.56. The van der Waals surface area contributed by atoms with Gasteiger partial charge in [-0.2, -0.15) is 0 Å². The average Bonchev–Trinajstić information content (AvgIpc) is 3.08. The monoisotopic (exact) mass is 439 g/mol. The first-order valence-electron chi connectivity index (χ1n) is 11.7. The number of benzene rings is 3. The molecule has 32 heavy (non-hydrogen) atoms. The molecule has 0 amide bonds. The third kappa shape index (κ3) is 3.80. The molecule has 5 rings (SSSR count). The maximum Gasteiger partial charge on any atom is 0.116 e. The summed E-state index contributed by atoms with van der Waals surface area (Å²) in [7, 11) is 0. The summed E-state index contributed by atoms with van der Waals surface area (Å²) in [4.78, 5) is 9.20. The topological polar surface area (TPSA) is 25.8 Å². The predicted octanol–water partition coefficient (Wildman–Crippen LogP) is 8.55. The van der Waals surface area contributed by atoms with E-state index in [2.05, 4.69) is 106 Å². The Balaban J connectivity index is 1.78. The average molecular weight is 440 g/mol. The molecule has 0 fully saturated rings. The second-order valence-electron chi connectivity index (χ2n) is 11.0. The summed E-state index contributed by atoms with van der Waals surface area (Å²) < 4.78 is 10.6. The summed E-state index contributed by atoms with van der Waals surface area (Å²) in [6.07, 6.45) is 1.10. The standard InChI is InChI=1S/C29H30N2S/c1-28(2,3)16-18-11-12-22-24(13-18)32-27-25(30-17-31-26(22)27)20-14-19-9-7-8-10-21(19)23(15-20)29(4,5)6/h7-15,17H,16H2,1-6H3/i17D. The lowest BCUT2D eigenvalue weighted by Gasteiger charge is -2.22. The third-order valence-corrected chi connectivity index (χ3v) is 7.09. The van der Waals surface area contributed by atoms with Gasteiger partial charge in [0.25, 0.3) is 0 Å². The molecule has 0 aliphatic heterocycles.